The first-order chi connectivity index (χ1) is 8.38. The van der Waals surface area contributed by atoms with Gasteiger partial charge in [0.15, 0.2) is 0 Å². The summed E-state index contributed by atoms with van der Waals surface area (Å²) in [6.07, 6.45) is 3.57. The molecule has 18 heavy (non-hydrogen) atoms. The van der Waals surface area contributed by atoms with Gasteiger partial charge in [-0.3, -0.25) is 0 Å². The molecule has 0 aliphatic heterocycles. The van der Waals surface area contributed by atoms with Gasteiger partial charge in [-0.05, 0) is 18.8 Å². The summed E-state index contributed by atoms with van der Waals surface area (Å²) in [6, 6.07) is -1.11. The van der Waals surface area contributed by atoms with E-state index in [-0.39, 0.29) is 11.9 Å². The number of amides is 2. The summed E-state index contributed by atoms with van der Waals surface area (Å²) in [5.41, 5.74) is 0. The van der Waals surface area contributed by atoms with Crippen LogP contribution in [0.1, 0.15) is 46.5 Å². The Morgan fingerprint density at radius 1 is 1.28 bits per heavy atom. The smallest absolute Gasteiger partial charge is 0.326 e. The van der Waals surface area contributed by atoms with Gasteiger partial charge in [-0.2, -0.15) is 0 Å². The van der Waals surface area contributed by atoms with E-state index in [2.05, 4.69) is 12.2 Å². The van der Waals surface area contributed by atoms with Gasteiger partial charge in [0.05, 0.1) is 0 Å². The number of carboxylic acid groups (broad SMARTS) is 1. The van der Waals surface area contributed by atoms with Crippen molar-refractivity contribution in [1.82, 2.24) is 10.2 Å². The summed E-state index contributed by atoms with van der Waals surface area (Å²) in [5, 5.41) is 11.6. The monoisotopic (exact) mass is 258 g/mol. The minimum Gasteiger partial charge on any atom is -0.480 e. The van der Waals surface area contributed by atoms with Crippen molar-refractivity contribution in [2.24, 2.45) is 5.92 Å². The van der Waals surface area contributed by atoms with Gasteiger partial charge in [-0.25, -0.2) is 9.59 Å². The second kappa shape index (κ2) is 8.78. The fourth-order valence-electron chi connectivity index (χ4n) is 1.65. The van der Waals surface area contributed by atoms with E-state index in [0.29, 0.717) is 13.0 Å². The lowest BCUT2D eigenvalue weighted by Crippen LogP contribution is -2.47. The average Bonchev–Trinajstić information content (AvgIpc) is 2.27. The molecule has 0 bridgehead atoms. The number of nitrogens with one attached hydrogen (secondary N) is 1. The van der Waals surface area contributed by atoms with Crippen LogP contribution in [0.5, 0.6) is 0 Å². The van der Waals surface area contributed by atoms with Gasteiger partial charge in [-0.15, -0.1) is 0 Å². The number of nitrogens with zero attached hydrogens (tertiary/aromatic N) is 1. The lowest BCUT2D eigenvalue weighted by atomic mass is 10.0. The van der Waals surface area contributed by atoms with Crippen molar-refractivity contribution in [1.29, 1.82) is 0 Å². The minimum atomic E-state index is -0.973. The van der Waals surface area contributed by atoms with Crippen molar-refractivity contribution < 1.29 is 14.7 Å². The average molecular weight is 258 g/mol. The molecule has 5 nitrogen and oxygen atoms in total. The highest BCUT2D eigenvalue weighted by atomic mass is 16.4. The van der Waals surface area contributed by atoms with Crippen molar-refractivity contribution in [3.8, 4) is 0 Å². The molecule has 5 heteroatoms. The molecular weight excluding hydrogens is 232 g/mol. The van der Waals surface area contributed by atoms with E-state index in [0.717, 1.165) is 19.3 Å². The van der Waals surface area contributed by atoms with Crippen LogP contribution in [0.15, 0.2) is 0 Å². The first-order valence-corrected chi connectivity index (χ1v) is 6.62. The molecule has 0 aliphatic carbocycles. The third-order valence-corrected chi connectivity index (χ3v) is 2.75. The van der Waals surface area contributed by atoms with Gasteiger partial charge in [0, 0.05) is 13.6 Å². The van der Waals surface area contributed by atoms with Gasteiger partial charge in [0.25, 0.3) is 0 Å². The van der Waals surface area contributed by atoms with Crippen LogP contribution in [0.3, 0.4) is 0 Å². The van der Waals surface area contributed by atoms with Crippen LogP contribution in [0.4, 0.5) is 4.79 Å². The van der Waals surface area contributed by atoms with E-state index in [1.807, 2.05) is 13.8 Å². The van der Waals surface area contributed by atoms with Crippen molar-refractivity contribution >= 4 is 12.0 Å². The number of hydrogen-bond donors (Lipinski definition) is 2. The molecule has 2 amide bonds. The van der Waals surface area contributed by atoms with Crippen LogP contribution < -0.4 is 5.32 Å². The third-order valence-electron chi connectivity index (χ3n) is 2.75. The quantitative estimate of drug-likeness (QED) is 0.656. The maximum atomic E-state index is 11.8. The van der Waals surface area contributed by atoms with Crippen molar-refractivity contribution in [2.75, 3.05) is 13.6 Å². The molecule has 0 fully saturated rings. The molecule has 1 atom stereocenters. The van der Waals surface area contributed by atoms with E-state index in [9.17, 15) is 9.59 Å². The molecule has 106 valence electrons. The summed E-state index contributed by atoms with van der Waals surface area (Å²) in [4.78, 5) is 24.4. The Morgan fingerprint density at radius 3 is 2.33 bits per heavy atom. The van der Waals surface area contributed by atoms with E-state index in [1.165, 1.54) is 0 Å². The van der Waals surface area contributed by atoms with E-state index < -0.39 is 12.0 Å². The SMILES string of the molecule is CCCCCN(C)C(=O)NC(CC(C)C)C(=O)O. The summed E-state index contributed by atoms with van der Waals surface area (Å²) >= 11 is 0. The minimum absolute atomic E-state index is 0.233. The van der Waals surface area contributed by atoms with Crippen LogP contribution in [0, 0.1) is 5.92 Å². The van der Waals surface area contributed by atoms with Gasteiger partial charge in [0.1, 0.15) is 6.04 Å². The van der Waals surface area contributed by atoms with Crippen molar-refractivity contribution in [3.63, 3.8) is 0 Å². The predicted octanol–water partition coefficient (Wildman–Crippen LogP) is 2.32. The van der Waals surface area contributed by atoms with Crippen molar-refractivity contribution in [3.05, 3.63) is 0 Å². The lowest BCUT2D eigenvalue weighted by molar-refractivity contribution is -0.139. The zero-order chi connectivity index (χ0) is 14.1. The Bertz CT molecular complexity index is 267. The van der Waals surface area contributed by atoms with Crippen LogP contribution in [-0.4, -0.2) is 41.6 Å². The summed E-state index contributed by atoms with van der Waals surface area (Å²) < 4.78 is 0. The van der Waals surface area contributed by atoms with Gasteiger partial charge in [-0.1, -0.05) is 33.6 Å². The van der Waals surface area contributed by atoms with E-state index >= 15 is 0 Å². The fourth-order valence-corrected chi connectivity index (χ4v) is 1.65. The molecule has 0 saturated heterocycles. The molecule has 0 rings (SSSR count). The normalized spacial score (nSPS) is 12.3. The number of aliphatic carboxylic acids is 1. The highest BCUT2D eigenvalue weighted by Crippen LogP contribution is 2.06. The number of urea groups is 1. The highest BCUT2D eigenvalue weighted by molar-refractivity contribution is 5.82. The standard InChI is InChI=1S/C13H26N2O3/c1-5-6-7-8-15(4)13(18)14-11(12(16)17)9-10(2)3/h10-11H,5-9H2,1-4H3,(H,14,18)(H,16,17). The van der Waals surface area contributed by atoms with Crippen molar-refractivity contribution in [2.45, 2.75) is 52.5 Å². The maximum absolute atomic E-state index is 11.8. The molecule has 0 spiro atoms. The number of hydrogen-bond acceptors (Lipinski definition) is 2. The first-order valence-electron chi connectivity index (χ1n) is 6.62. The first kappa shape index (κ1) is 16.7. The number of carbonyl (C=O) groups excluding carboxylic acids is 1. The van der Waals surface area contributed by atoms with Crippen LogP contribution in [0.25, 0.3) is 0 Å². The maximum Gasteiger partial charge on any atom is 0.326 e. The Morgan fingerprint density at radius 2 is 1.89 bits per heavy atom. The molecule has 0 aromatic heterocycles. The predicted molar refractivity (Wildman–Crippen MR) is 71.6 cm³/mol. The Kier molecular flexibility index (Phi) is 8.16. The number of carboxylic acids is 1. The molecule has 0 saturated carbocycles. The highest BCUT2D eigenvalue weighted by Gasteiger charge is 2.22. The number of unbranched alkanes of at least 4 members (excludes halogenated alkanes) is 2. The number of rotatable bonds is 8. The summed E-state index contributed by atoms with van der Waals surface area (Å²) in [5.74, 6) is -0.740. The zero-order valence-electron chi connectivity index (χ0n) is 11.9. The van der Waals surface area contributed by atoms with Crippen LogP contribution in [-0.2, 0) is 4.79 Å². The zero-order valence-corrected chi connectivity index (χ0v) is 11.9. The molecule has 0 aromatic rings. The number of carbonyl (C=O) groups is 2. The molecule has 0 aromatic carbocycles. The second-order valence-corrected chi connectivity index (χ2v) is 5.10. The molecule has 2 N–H and O–H groups in total. The van der Waals surface area contributed by atoms with E-state index in [1.54, 1.807) is 11.9 Å². The van der Waals surface area contributed by atoms with Gasteiger partial charge < -0.3 is 15.3 Å². The Labute approximate surface area is 110 Å². The molecular formula is C13H26N2O3. The van der Waals surface area contributed by atoms with Crippen LogP contribution >= 0.6 is 0 Å². The summed E-state index contributed by atoms with van der Waals surface area (Å²) in [6.45, 7) is 6.64. The fraction of sp³-hybridized carbons (Fsp3) is 0.846. The molecule has 1 unspecified atom stereocenters. The molecule has 0 heterocycles. The molecule has 0 radical (unpaired) electrons. The van der Waals surface area contributed by atoms with Crippen LogP contribution in [0.2, 0.25) is 0 Å². The Hall–Kier alpha value is -1.26. The largest absolute Gasteiger partial charge is 0.480 e. The topological polar surface area (TPSA) is 69.6 Å². The Balaban J connectivity index is 4.19. The van der Waals surface area contributed by atoms with E-state index in [4.69, 9.17) is 5.11 Å². The lowest BCUT2D eigenvalue weighted by Gasteiger charge is -2.22. The van der Waals surface area contributed by atoms with Gasteiger partial charge in [0.2, 0.25) is 0 Å². The summed E-state index contributed by atoms with van der Waals surface area (Å²) in [7, 11) is 1.69. The third kappa shape index (κ3) is 7.14. The second-order valence-electron chi connectivity index (χ2n) is 5.10. The van der Waals surface area contributed by atoms with Gasteiger partial charge >= 0.3 is 12.0 Å². The molecule has 0 aliphatic rings.